The van der Waals surface area contributed by atoms with Crippen LogP contribution in [0.15, 0.2) is 9.05 Å². The summed E-state index contributed by atoms with van der Waals surface area (Å²) in [5.74, 6) is 1.90. The lowest BCUT2D eigenvalue weighted by Crippen LogP contribution is -2.39. The maximum Gasteiger partial charge on any atom is 0.259 e. The summed E-state index contributed by atoms with van der Waals surface area (Å²) in [5, 5.41) is 7.83. The maximum absolute atomic E-state index is 12.6. The van der Waals surface area contributed by atoms with Crippen LogP contribution in [-0.2, 0) is 0 Å². The van der Waals surface area contributed by atoms with Gasteiger partial charge in [-0.15, -0.1) is 0 Å². The highest BCUT2D eigenvalue weighted by molar-refractivity contribution is 5.96. The van der Waals surface area contributed by atoms with Crippen LogP contribution in [0.1, 0.15) is 52.3 Å². The molecule has 0 aromatic carbocycles. The van der Waals surface area contributed by atoms with E-state index in [1.165, 1.54) is 0 Å². The second-order valence-electron chi connectivity index (χ2n) is 5.46. The van der Waals surface area contributed by atoms with Crippen molar-refractivity contribution in [3.05, 3.63) is 28.7 Å². The van der Waals surface area contributed by atoms with Crippen LogP contribution in [0.5, 0.6) is 0 Å². The van der Waals surface area contributed by atoms with Crippen LogP contribution in [0.25, 0.3) is 0 Å². The first-order chi connectivity index (χ1) is 10.1. The molecule has 0 spiro atoms. The summed E-state index contributed by atoms with van der Waals surface area (Å²) < 4.78 is 10.1. The van der Waals surface area contributed by atoms with Crippen molar-refractivity contribution < 1.29 is 13.8 Å². The molecule has 1 unspecified atom stereocenters. The quantitative estimate of drug-likeness (QED) is 0.841. The Morgan fingerprint density at radius 1 is 1.24 bits per heavy atom. The van der Waals surface area contributed by atoms with Crippen LogP contribution in [0.2, 0.25) is 0 Å². The monoisotopic (exact) mass is 290 g/mol. The van der Waals surface area contributed by atoms with Gasteiger partial charge in [0.05, 0.1) is 5.69 Å². The van der Waals surface area contributed by atoms with Crippen molar-refractivity contribution >= 4 is 5.91 Å². The lowest BCUT2D eigenvalue weighted by molar-refractivity contribution is 0.0701. The van der Waals surface area contributed by atoms with Crippen molar-refractivity contribution in [1.29, 1.82) is 0 Å². The number of nitrogens with zero attached hydrogens (tertiary/aromatic N) is 4. The molecule has 0 aliphatic carbocycles. The van der Waals surface area contributed by atoms with E-state index >= 15 is 0 Å². The second-order valence-corrected chi connectivity index (χ2v) is 5.46. The van der Waals surface area contributed by atoms with E-state index in [1.54, 1.807) is 20.8 Å². The molecule has 1 amide bonds. The highest BCUT2D eigenvalue weighted by atomic mass is 16.5. The molecule has 0 bridgehead atoms. The molecule has 1 aliphatic rings. The molecular formula is C14H18N4O3. The number of hydrogen-bond acceptors (Lipinski definition) is 6. The number of aromatic nitrogens is 3. The zero-order chi connectivity index (χ0) is 15.0. The summed E-state index contributed by atoms with van der Waals surface area (Å²) in [6.45, 7) is 6.65. The topological polar surface area (TPSA) is 85.3 Å². The third kappa shape index (κ3) is 2.55. The van der Waals surface area contributed by atoms with Crippen molar-refractivity contribution in [2.45, 2.75) is 39.5 Å². The lowest BCUT2D eigenvalue weighted by Gasteiger charge is -2.31. The highest BCUT2D eigenvalue weighted by Crippen LogP contribution is 2.27. The van der Waals surface area contributed by atoms with Crippen molar-refractivity contribution in [1.82, 2.24) is 20.2 Å². The SMILES string of the molecule is Cc1nc(C2CCCN(C(=O)c3c(C)noc3C)C2)no1. The standard InChI is InChI=1S/C14H18N4O3/c1-8-12(9(2)20-16-8)14(19)18-6-4-5-11(7-18)13-15-10(3)21-17-13/h11H,4-7H2,1-3H3. The van der Waals surface area contributed by atoms with Crippen LogP contribution in [0.3, 0.4) is 0 Å². The number of likely N-dealkylation sites (tertiary alicyclic amines) is 1. The van der Waals surface area contributed by atoms with Gasteiger partial charge in [-0.1, -0.05) is 10.3 Å². The van der Waals surface area contributed by atoms with Crippen LogP contribution in [-0.4, -0.2) is 39.2 Å². The largest absolute Gasteiger partial charge is 0.361 e. The summed E-state index contributed by atoms with van der Waals surface area (Å²) in [4.78, 5) is 18.8. The van der Waals surface area contributed by atoms with E-state index in [0.29, 0.717) is 35.3 Å². The minimum Gasteiger partial charge on any atom is -0.361 e. The second kappa shape index (κ2) is 5.31. The molecule has 0 N–H and O–H groups in total. The zero-order valence-corrected chi connectivity index (χ0v) is 12.4. The number of amides is 1. The fourth-order valence-corrected chi connectivity index (χ4v) is 2.80. The third-order valence-electron chi connectivity index (χ3n) is 3.86. The molecule has 2 aromatic rings. The van der Waals surface area contributed by atoms with Gasteiger partial charge >= 0.3 is 0 Å². The van der Waals surface area contributed by atoms with Crippen LogP contribution in [0.4, 0.5) is 0 Å². The van der Waals surface area contributed by atoms with Gasteiger partial charge in [-0.3, -0.25) is 4.79 Å². The molecule has 3 rings (SSSR count). The van der Waals surface area contributed by atoms with Gasteiger partial charge in [0.15, 0.2) is 5.82 Å². The van der Waals surface area contributed by atoms with E-state index in [-0.39, 0.29) is 11.8 Å². The van der Waals surface area contributed by atoms with Crippen molar-refractivity contribution in [3.8, 4) is 0 Å². The summed E-state index contributed by atoms with van der Waals surface area (Å²) in [6.07, 6.45) is 1.89. The maximum atomic E-state index is 12.6. The normalized spacial score (nSPS) is 19.0. The van der Waals surface area contributed by atoms with Gasteiger partial charge in [0.25, 0.3) is 5.91 Å². The summed E-state index contributed by atoms with van der Waals surface area (Å²) >= 11 is 0. The number of carbonyl (C=O) groups excluding carboxylic acids is 1. The Morgan fingerprint density at radius 3 is 2.67 bits per heavy atom. The minimum atomic E-state index is -0.0313. The van der Waals surface area contributed by atoms with Gasteiger partial charge in [0, 0.05) is 25.9 Å². The third-order valence-corrected chi connectivity index (χ3v) is 3.86. The number of rotatable bonds is 2. The zero-order valence-electron chi connectivity index (χ0n) is 12.4. The molecular weight excluding hydrogens is 272 g/mol. The molecule has 3 heterocycles. The Morgan fingerprint density at radius 2 is 2.05 bits per heavy atom. The van der Waals surface area contributed by atoms with Crippen LogP contribution >= 0.6 is 0 Å². The molecule has 7 heteroatoms. The molecule has 2 aromatic heterocycles. The van der Waals surface area contributed by atoms with E-state index in [0.717, 1.165) is 19.4 Å². The molecule has 0 saturated carbocycles. The Labute approximate surface area is 122 Å². The number of hydrogen-bond donors (Lipinski definition) is 0. The van der Waals surface area contributed by atoms with Crippen LogP contribution in [0, 0.1) is 20.8 Å². The number of carbonyl (C=O) groups is 1. The summed E-state index contributed by atoms with van der Waals surface area (Å²) in [5.41, 5.74) is 1.20. The number of aryl methyl sites for hydroxylation is 3. The molecule has 21 heavy (non-hydrogen) atoms. The van der Waals surface area contributed by atoms with Gasteiger partial charge in [-0.05, 0) is 26.7 Å². The van der Waals surface area contributed by atoms with Crippen molar-refractivity contribution in [2.75, 3.05) is 13.1 Å². The first kappa shape index (κ1) is 13.8. The molecule has 1 saturated heterocycles. The fourth-order valence-electron chi connectivity index (χ4n) is 2.80. The fraction of sp³-hybridized carbons (Fsp3) is 0.571. The van der Waals surface area contributed by atoms with Gasteiger partial charge < -0.3 is 13.9 Å². The Balaban J connectivity index is 1.78. The molecule has 0 radical (unpaired) electrons. The molecule has 1 fully saturated rings. The molecule has 1 aliphatic heterocycles. The van der Waals surface area contributed by atoms with Gasteiger partial charge in [-0.2, -0.15) is 4.98 Å². The average molecular weight is 290 g/mol. The van der Waals surface area contributed by atoms with E-state index in [9.17, 15) is 4.79 Å². The van der Waals surface area contributed by atoms with Crippen molar-refractivity contribution in [2.24, 2.45) is 0 Å². The lowest BCUT2D eigenvalue weighted by atomic mass is 9.96. The average Bonchev–Trinajstić information content (AvgIpc) is 3.05. The Kier molecular flexibility index (Phi) is 3.48. The minimum absolute atomic E-state index is 0.0313. The Bertz CT molecular complexity index is 641. The molecule has 112 valence electrons. The summed E-state index contributed by atoms with van der Waals surface area (Å²) in [6, 6.07) is 0. The van der Waals surface area contributed by atoms with Crippen molar-refractivity contribution in [3.63, 3.8) is 0 Å². The smallest absolute Gasteiger partial charge is 0.259 e. The van der Waals surface area contributed by atoms with Gasteiger partial charge in [-0.25, -0.2) is 0 Å². The van der Waals surface area contributed by atoms with E-state index < -0.39 is 0 Å². The van der Waals surface area contributed by atoms with E-state index in [4.69, 9.17) is 9.05 Å². The van der Waals surface area contributed by atoms with E-state index in [2.05, 4.69) is 15.3 Å². The Hall–Kier alpha value is -2.18. The predicted octanol–water partition coefficient (Wildman–Crippen LogP) is 2.00. The summed E-state index contributed by atoms with van der Waals surface area (Å²) in [7, 11) is 0. The molecule has 1 atom stereocenters. The van der Waals surface area contributed by atoms with E-state index in [1.807, 2.05) is 4.90 Å². The van der Waals surface area contributed by atoms with Crippen LogP contribution < -0.4 is 0 Å². The van der Waals surface area contributed by atoms with Gasteiger partial charge in [0.1, 0.15) is 11.3 Å². The first-order valence-electron chi connectivity index (χ1n) is 7.08. The molecule has 7 nitrogen and oxygen atoms in total. The van der Waals surface area contributed by atoms with Gasteiger partial charge in [0.2, 0.25) is 5.89 Å². The highest BCUT2D eigenvalue weighted by Gasteiger charge is 2.30. The number of piperidine rings is 1. The predicted molar refractivity (Wildman–Crippen MR) is 72.9 cm³/mol. The first-order valence-corrected chi connectivity index (χ1v) is 7.08.